The summed E-state index contributed by atoms with van der Waals surface area (Å²) >= 11 is 1.64. The number of thioether (sulfide) groups is 1. The van der Waals surface area contributed by atoms with Crippen LogP contribution < -0.4 is 10.2 Å². The molecule has 110 valence electrons. The van der Waals surface area contributed by atoms with Crippen LogP contribution in [0.1, 0.15) is 22.1 Å². The van der Waals surface area contributed by atoms with Crippen molar-refractivity contribution in [2.45, 2.75) is 12.3 Å². The molecule has 0 radical (unpaired) electrons. The maximum absolute atomic E-state index is 12.4. The number of hydrogen-bond acceptors (Lipinski definition) is 3. The lowest BCUT2D eigenvalue weighted by molar-refractivity contribution is -0.115. The van der Waals surface area contributed by atoms with Crippen LogP contribution in [0.25, 0.3) is 0 Å². The molecule has 0 N–H and O–H groups in total. The minimum Gasteiger partial charge on any atom is -0.295 e. The van der Waals surface area contributed by atoms with Crippen LogP contribution in [0.4, 0.5) is 5.69 Å². The van der Waals surface area contributed by atoms with Crippen molar-refractivity contribution in [2.75, 3.05) is 10.7 Å². The first kappa shape index (κ1) is 15.1. The minimum atomic E-state index is -0.00950. The van der Waals surface area contributed by atoms with Gasteiger partial charge in [-0.05, 0) is 41.6 Å². The largest absolute Gasteiger partial charge is 0.295 e. The molecular weight excluding hydrogens is 311 g/mol. The number of rotatable bonds is 2. The molecule has 0 spiro atoms. The Kier molecular flexibility index (Phi) is 4.20. The van der Waals surface area contributed by atoms with E-state index in [0.29, 0.717) is 11.3 Å². The van der Waals surface area contributed by atoms with Crippen molar-refractivity contribution in [3.8, 4) is 6.07 Å². The minimum absolute atomic E-state index is 0.00950. The van der Waals surface area contributed by atoms with Crippen molar-refractivity contribution in [3.63, 3.8) is 0 Å². The van der Waals surface area contributed by atoms with E-state index in [0.717, 1.165) is 22.1 Å². The molecule has 2 atom stereocenters. The zero-order chi connectivity index (χ0) is 15.7. The Labute approximate surface area is 136 Å². The van der Waals surface area contributed by atoms with E-state index in [2.05, 4.69) is 27.4 Å². The highest BCUT2D eigenvalue weighted by atomic mass is 32.2. The van der Waals surface area contributed by atoms with Crippen LogP contribution in [0.5, 0.6) is 0 Å². The highest BCUT2D eigenvalue weighted by Gasteiger charge is 2.34. The predicted molar refractivity (Wildman–Crippen MR) is 94.4 cm³/mol. The van der Waals surface area contributed by atoms with Crippen LogP contribution in [0.3, 0.4) is 0 Å². The molecule has 2 aromatic carbocycles. The van der Waals surface area contributed by atoms with Gasteiger partial charge in [-0.3, -0.25) is 9.69 Å². The molecule has 2 aromatic rings. The number of benzene rings is 2. The van der Waals surface area contributed by atoms with Crippen molar-refractivity contribution in [1.82, 2.24) is 0 Å². The van der Waals surface area contributed by atoms with Crippen molar-refractivity contribution in [2.24, 2.45) is 0 Å². The second-order valence-corrected chi connectivity index (χ2v) is 6.94. The molecule has 0 saturated carbocycles. The molecular formula is C17H15N2OPS. The summed E-state index contributed by atoms with van der Waals surface area (Å²) in [6.07, 6.45) is 0. The number of amides is 1. The van der Waals surface area contributed by atoms with Gasteiger partial charge in [0, 0.05) is 5.69 Å². The van der Waals surface area contributed by atoms with Gasteiger partial charge in [-0.2, -0.15) is 5.26 Å². The Morgan fingerprint density at radius 3 is 2.64 bits per heavy atom. The third-order valence-electron chi connectivity index (χ3n) is 3.67. The summed E-state index contributed by atoms with van der Waals surface area (Å²) in [5.74, 6) is 0.588. The predicted octanol–water partition coefficient (Wildman–Crippen LogP) is 3.15. The van der Waals surface area contributed by atoms with Crippen LogP contribution in [-0.4, -0.2) is 11.7 Å². The molecule has 1 fully saturated rings. The standard InChI is InChI=1S/C17H15N2OPS/c1-11-8-12(9-18)2-7-15(11)19-16(20)10-22-17(19)13-3-5-14(21)6-4-13/h2-8,17H,10,21H2,1H3. The number of nitrogens with zero attached hydrogens (tertiary/aromatic N) is 2. The highest BCUT2D eigenvalue weighted by Crippen LogP contribution is 2.42. The Morgan fingerprint density at radius 2 is 2.00 bits per heavy atom. The van der Waals surface area contributed by atoms with Crippen molar-refractivity contribution in [3.05, 3.63) is 59.2 Å². The zero-order valence-electron chi connectivity index (χ0n) is 12.1. The maximum atomic E-state index is 12.4. The Morgan fingerprint density at radius 1 is 1.27 bits per heavy atom. The van der Waals surface area contributed by atoms with Gasteiger partial charge in [0.05, 0.1) is 17.4 Å². The fourth-order valence-corrected chi connectivity index (χ4v) is 3.95. The Bertz CT molecular complexity index is 767. The summed E-state index contributed by atoms with van der Waals surface area (Å²) in [4.78, 5) is 14.2. The summed E-state index contributed by atoms with van der Waals surface area (Å²) in [5, 5.41) is 10.1. The quantitative estimate of drug-likeness (QED) is 0.796. The average molecular weight is 326 g/mol. The van der Waals surface area contributed by atoms with E-state index in [9.17, 15) is 4.79 Å². The highest BCUT2D eigenvalue weighted by molar-refractivity contribution is 8.00. The smallest absolute Gasteiger partial charge is 0.238 e. The zero-order valence-corrected chi connectivity index (χ0v) is 14.1. The first-order valence-corrected chi connectivity index (χ1v) is 8.52. The second-order valence-electron chi connectivity index (χ2n) is 5.21. The Balaban J connectivity index is 2.01. The lowest BCUT2D eigenvalue weighted by Crippen LogP contribution is -2.28. The molecule has 3 rings (SSSR count). The monoisotopic (exact) mass is 326 g/mol. The maximum Gasteiger partial charge on any atom is 0.238 e. The fraction of sp³-hybridized carbons (Fsp3) is 0.176. The van der Waals surface area contributed by atoms with E-state index in [4.69, 9.17) is 5.26 Å². The molecule has 1 aliphatic heterocycles. The lowest BCUT2D eigenvalue weighted by atomic mass is 10.1. The lowest BCUT2D eigenvalue weighted by Gasteiger charge is -2.26. The normalized spacial score (nSPS) is 17.6. The molecule has 5 heteroatoms. The van der Waals surface area contributed by atoms with Gasteiger partial charge in [0.2, 0.25) is 5.91 Å². The van der Waals surface area contributed by atoms with Gasteiger partial charge < -0.3 is 0 Å². The molecule has 22 heavy (non-hydrogen) atoms. The summed E-state index contributed by atoms with van der Waals surface area (Å²) in [5.41, 5.74) is 3.56. The number of aryl methyl sites for hydroxylation is 1. The van der Waals surface area contributed by atoms with Gasteiger partial charge in [-0.25, -0.2) is 0 Å². The molecule has 1 saturated heterocycles. The summed E-state index contributed by atoms with van der Waals surface area (Å²) < 4.78 is 0. The van der Waals surface area contributed by atoms with Crippen LogP contribution in [-0.2, 0) is 4.79 Å². The van der Waals surface area contributed by atoms with Gasteiger partial charge >= 0.3 is 0 Å². The summed E-state index contributed by atoms with van der Waals surface area (Å²) in [7, 11) is 2.67. The topological polar surface area (TPSA) is 44.1 Å². The molecule has 1 heterocycles. The molecule has 1 aliphatic rings. The average Bonchev–Trinajstić information content (AvgIpc) is 2.89. The fourth-order valence-electron chi connectivity index (χ4n) is 2.59. The van der Waals surface area contributed by atoms with Crippen molar-refractivity contribution in [1.29, 1.82) is 5.26 Å². The third-order valence-corrected chi connectivity index (χ3v) is 5.27. The Hall–Kier alpha value is -1.82. The third kappa shape index (κ3) is 2.75. The van der Waals surface area contributed by atoms with Gasteiger partial charge in [-0.1, -0.05) is 24.3 Å². The van der Waals surface area contributed by atoms with E-state index in [1.54, 1.807) is 17.8 Å². The molecule has 0 bridgehead atoms. The van der Waals surface area contributed by atoms with E-state index >= 15 is 0 Å². The first-order valence-electron chi connectivity index (χ1n) is 6.90. The molecule has 0 aliphatic carbocycles. The van der Waals surface area contributed by atoms with E-state index < -0.39 is 0 Å². The summed E-state index contributed by atoms with van der Waals surface area (Å²) in [6.45, 7) is 1.94. The van der Waals surface area contributed by atoms with Gasteiger partial charge in [0.15, 0.2) is 0 Å². The first-order chi connectivity index (χ1) is 10.6. The van der Waals surface area contributed by atoms with Crippen LogP contribution in [0.15, 0.2) is 42.5 Å². The number of anilines is 1. The number of nitriles is 1. The van der Waals surface area contributed by atoms with Crippen molar-refractivity contribution >= 4 is 37.9 Å². The SMILES string of the molecule is Cc1cc(C#N)ccc1N1C(=O)CSC1c1ccc(P)cc1. The van der Waals surface area contributed by atoms with E-state index in [1.165, 1.54) is 0 Å². The number of carbonyl (C=O) groups excluding carboxylic acids is 1. The van der Waals surface area contributed by atoms with Gasteiger partial charge in [0.25, 0.3) is 0 Å². The molecule has 1 amide bonds. The van der Waals surface area contributed by atoms with E-state index in [-0.39, 0.29) is 11.3 Å². The van der Waals surface area contributed by atoms with Gasteiger partial charge in [0.1, 0.15) is 5.37 Å². The van der Waals surface area contributed by atoms with Crippen LogP contribution in [0, 0.1) is 18.3 Å². The second kappa shape index (κ2) is 6.12. The summed E-state index contributed by atoms with van der Waals surface area (Å²) in [6, 6.07) is 15.8. The molecule has 3 nitrogen and oxygen atoms in total. The van der Waals surface area contributed by atoms with Crippen molar-refractivity contribution < 1.29 is 4.79 Å². The van der Waals surface area contributed by atoms with E-state index in [1.807, 2.05) is 36.1 Å². The van der Waals surface area contributed by atoms with Crippen LogP contribution in [0.2, 0.25) is 0 Å². The van der Waals surface area contributed by atoms with Crippen LogP contribution >= 0.6 is 21.0 Å². The number of carbonyl (C=O) groups is 1. The molecule has 0 aromatic heterocycles. The number of hydrogen-bond donors (Lipinski definition) is 0. The van der Waals surface area contributed by atoms with Gasteiger partial charge in [-0.15, -0.1) is 21.0 Å². The molecule has 2 unspecified atom stereocenters.